The van der Waals surface area contributed by atoms with Gasteiger partial charge < -0.3 is 14.9 Å². The van der Waals surface area contributed by atoms with Crippen LogP contribution in [0.3, 0.4) is 0 Å². The van der Waals surface area contributed by atoms with Crippen LogP contribution in [0.4, 0.5) is 5.82 Å². The molecular weight excluding hydrogens is 376 g/mol. The van der Waals surface area contributed by atoms with Crippen molar-refractivity contribution in [2.45, 2.75) is 18.4 Å². The molecule has 11 heteroatoms. The van der Waals surface area contributed by atoms with E-state index in [1.807, 2.05) is 6.92 Å². The summed E-state index contributed by atoms with van der Waals surface area (Å²) >= 11 is 0. The maximum atomic E-state index is 10.6. The molecule has 2 heterocycles. The smallest absolute Gasteiger partial charge is 0.342 e. The predicted molar refractivity (Wildman–Crippen MR) is 97.1 cm³/mol. The van der Waals surface area contributed by atoms with E-state index in [1.54, 1.807) is 16.7 Å². The van der Waals surface area contributed by atoms with Crippen molar-refractivity contribution in [2.75, 3.05) is 32.8 Å². The van der Waals surface area contributed by atoms with E-state index in [-0.39, 0.29) is 10.7 Å². The summed E-state index contributed by atoms with van der Waals surface area (Å²) in [6.07, 6.45) is 2.78. The molecule has 0 radical (unpaired) electrons. The average molecular weight is 398 g/mol. The Kier molecular flexibility index (Phi) is 7.42. The Labute approximate surface area is 157 Å². The molecule has 1 aliphatic rings. The Morgan fingerprint density at radius 3 is 2.41 bits per heavy atom. The van der Waals surface area contributed by atoms with Gasteiger partial charge in [-0.1, -0.05) is 17.7 Å². The molecule has 1 N–H and O–H groups in total. The molecule has 1 fully saturated rings. The maximum absolute atomic E-state index is 10.6. The minimum Gasteiger partial charge on any atom is -0.379 e. The molecule has 0 bridgehead atoms. The molecule has 27 heavy (non-hydrogen) atoms. The molecule has 1 aromatic carbocycles. The largest absolute Gasteiger partial charge is 0.379 e. The highest BCUT2D eigenvalue weighted by molar-refractivity contribution is 7.85. The molecular formula is C16H22N4O6S. The van der Waals surface area contributed by atoms with Crippen LogP contribution in [-0.2, 0) is 21.4 Å². The summed E-state index contributed by atoms with van der Waals surface area (Å²) in [7, 11) is -4.02. The van der Waals surface area contributed by atoms with Crippen LogP contribution in [-0.4, -0.2) is 65.2 Å². The third kappa shape index (κ3) is 6.71. The molecule has 0 saturated carbocycles. The SMILES string of the molecule is Cc1ccc(S(=O)(=O)O)cc1.O=[N+]([O-])c1cncn1CCN1CCOCC1. The third-order valence-electron chi connectivity index (χ3n) is 3.96. The quantitative estimate of drug-likeness (QED) is 0.454. The number of rotatable bonds is 5. The summed E-state index contributed by atoms with van der Waals surface area (Å²) < 4.78 is 36.3. The van der Waals surface area contributed by atoms with Crippen molar-refractivity contribution in [1.82, 2.24) is 14.5 Å². The van der Waals surface area contributed by atoms with Gasteiger partial charge in [0.25, 0.3) is 10.1 Å². The van der Waals surface area contributed by atoms with E-state index in [0.29, 0.717) is 6.54 Å². The van der Waals surface area contributed by atoms with Crippen molar-refractivity contribution in [2.24, 2.45) is 0 Å². The van der Waals surface area contributed by atoms with Crippen molar-refractivity contribution in [3.05, 3.63) is 52.5 Å². The number of hydrogen-bond donors (Lipinski definition) is 1. The number of aryl methyl sites for hydroxylation is 1. The molecule has 0 amide bonds. The van der Waals surface area contributed by atoms with Crippen LogP contribution in [0.2, 0.25) is 0 Å². The first kappa shape index (κ1) is 21.0. The highest BCUT2D eigenvalue weighted by Crippen LogP contribution is 2.10. The molecule has 148 valence electrons. The molecule has 10 nitrogen and oxygen atoms in total. The van der Waals surface area contributed by atoms with E-state index >= 15 is 0 Å². The lowest BCUT2D eigenvalue weighted by Gasteiger charge is -2.25. The maximum Gasteiger partial charge on any atom is 0.342 e. The minimum absolute atomic E-state index is 0.0493. The number of nitrogens with zero attached hydrogens (tertiary/aromatic N) is 4. The van der Waals surface area contributed by atoms with Crippen molar-refractivity contribution in [3.8, 4) is 0 Å². The van der Waals surface area contributed by atoms with Crippen molar-refractivity contribution in [1.29, 1.82) is 0 Å². The Balaban J connectivity index is 0.000000208. The van der Waals surface area contributed by atoms with Crippen molar-refractivity contribution in [3.63, 3.8) is 0 Å². The fraction of sp³-hybridized carbons (Fsp3) is 0.438. The van der Waals surface area contributed by atoms with E-state index in [0.717, 1.165) is 38.4 Å². The van der Waals surface area contributed by atoms with E-state index in [4.69, 9.17) is 9.29 Å². The van der Waals surface area contributed by atoms with Crippen LogP contribution in [0.5, 0.6) is 0 Å². The van der Waals surface area contributed by atoms with Gasteiger partial charge in [-0.2, -0.15) is 8.42 Å². The van der Waals surface area contributed by atoms with Gasteiger partial charge in [-0.25, -0.2) is 9.55 Å². The normalized spacial score (nSPS) is 15.0. The van der Waals surface area contributed by atoms with Gasteiger partial charge in [-0.15, -0.1) is 0 Å². The second kappa shape index (κ2) is 9.55. The van der Waals surface area contributed by atoms with Crippen LogP contribution in [0.1, 0.15) is 5.56 Å². The topological polar surface area (TPSA) is 128 Å². The van der Waals surface area contributed by atoms with Crippen LogP contribution in [0.15, 0.2) is 41.7 Å². The average Bonchev–Trinajstić information content (AvgIpc) is 3.10. The highest BCUT2D eigenvalue weighted by Gasteiger charge is 2.15. The minimum atomic E-state index is -4.02. The molecule has 2 aromatic rings. The molecule has 1 aliphatic heterocycles. The fourth-order valence-electron chi connectivity index (χ4n) is 2.42. The number of morpholine rings is 1. The summed E-state index contributed by atoms with van der Waals surface area (Å²) in [4.78, 5) is 16.2. The lowest BCUT2D eigenvalue weighted by Crippen LogP contribution is -2.38. The number of aromatic nitrogens is 2. The first-order chi connectivity index (χ1) is 12.8. The van der Waals surface area contributed by atoms with E-state index in [9.17, 15) is 18.5 Å². The molecule has 0 spiro atoms. The van der Waals surface area contributed by atoms with Crippen LogP contribution >= 0.6 is 0 Å². The molecule has 1 saturated heterocycles. The Morgan fingerprint density at radius 1 is 1.22 bits per heavy atom. The van der Waals surface area contributed by atoms with Crippen molar-refractivity contribution < 1.29 is 22.6 Å². The number of benzene rings is 1. The fourth-order valence-corrected chi connectivity index (χ4v) is 2.90. The van der Waals surface area contributed by atoms with Gasteiger partial charge >= 0.3 is 5.82 Å². The summed E-state index contributed by atoms with van der Waals surface area (Å²) in [5.41, 5.74) is 0.956. The lowest BCUT2D eigenvalue weighted by atomic mass is 10.2. The zero-order chi connectivity index (χ0) is 19.9. The predicted octanol–water partition coefficient (Wildman–Crippen LogP) is 1.37. The van der Waals surface area contributed by atoms with E-state index < -0.39 is 15.0 Å². The molecule has 3 rings (SSSR count). The van der Waals surface area contributed by atoms with Crippen LogP contribution < -0.4 is 0 Å². The van der Waals surface area contributed by atoms with Gasteiger partial charge in [0.15, 0.2) is 6.33 Å². The molecule has 0 unspecified atom stereocenters. The summed E-state index contributed by atoms with van der Waals surface area (Å²) in [5, 5.41) is 10.6. The van der Waals surface area contributed by atoms with Gasteiger partial charge in [0.1, 0.15) is 12.7 Å². The van der Waals surface area contributed by atoms with E-state index in [2.05, 4.69) is 9.88 Å². The van der Waals surface area contributed by atoms with Gasteiger partial charge in [0.05, 0.1) is 18.1 Å². The molecule has 1 aromatic heterocycles. The second-order valence-corrected chi connectivity index (χ2v) is 7.37. The van der Waals surface area contributed by atoms with E-state index in [1.165, 1.54) is 24.7 Å². The summed E-state index contributed by atoms with van der Waals surface area (Å²) in [6, 6.07) is 5.99. The van der Waals surface area contributed by atoms with Gasteiger partial charge in [-0.05, 0) is 24.0 Å². The Morgan fingerprint density at radius 2 is 1.85 bits per heavy atom. The van der Waals surface area contributed by atoms with Gasteiger partial charge in [0.2, 0.25) is 0 Å². The second-order valence-electron chi connectivity index (χ2n) is 5.94. The number of nitro groups is 1. The number of hydrogen-bond acceptors (Lipinski definition) is 7. The Hall–Kier alpha value is -2.34. The molecule has 0 aliphatic carbocycles. The zero-order valence-corrected chi connectivity index (χ0v) is 15.7. The van der Waals surface area contributed by atoms with Crippen molar-refractivity contribution >= 4 is 15.9 Å². The number of imidazole rings is 1. The first-order valence-corrected chi connectivity index (χ1v) is 9.70. The van der Waals surface area contributed by atoms with Crippen LogP contribution in [0.25, 0.3) is 0 Å². The molecule has 0 atom stereocenters. The Bertz CT molecular complexity index is 844. The monoisotopic (exact) mass is 398 g/mol. The van der Waals surface area contributed by atoms with Crippen LogP contribution in [0, 0.1) is 17.0 Å². The highest BCUT2D eigenvalue weighted by atomic mass is 32.2. The first-order valence-electron chi connectivity index (χ1n) is 8.26. The lowest BCUT2D eigenvalue weighted by molar-refractivity contribution is -0.392. The zero-order valence-electron chi connectivity index (χ0n) is 14.9. The summed E-state index contributed by atoms with van der Waals surface area (Å²) in [5.74, 6) is 0.0493. The van der Waals surface area contributed by atoms with Gasteiger partial charge in [0, 0.05) is 19.6 Å². The standard InChI is InChI=1S/C9H14N4O3.C7H8O3S/c14-13(15)9-7-10-8-12(9)2-1-11-3-5-16-6-4-11;1-6-2-4-7(5-3-6)11(8,9)10/h7-8H,1-6H2;2-5H,1H3,(H,8,9,10). The third-order valence-corrected chi connectivity index (χ3v) is 4.82. The van der Waals surface area contributed by atoms with Gasteiger partial charge in [-0.3, -0.25) is 9.45 Å². The summed E-state index contributed by atoms with van der Waals surface area (Å²) in [6.45, 7) is 6.49. The number of ether oxygens (including phenoxy) is 1.